The predicted molar refractivity (Wildman–Crippen MR) is 80.5 cm³/mol. The van der Waals surface area contributed by atoms with E-state index in [1.54, 1.807) is 11.1 Å². The summed E-state index contributed by atoms with van der Waals surface area (Å²) in [6, 6.07) is 3.55. The molecule has 0 aromatic carbocycles. The molecule has 0 spiro atoms. The molecule has 2 aromatic heterocycles. The van der Waals surface area contributed by atoms with Gasteiger partial charge in [0.05, 0.1) is 24.9 Å². The van der Waals surface area contributed by atoms with E-state index in [0.29, 0.717) is 25.5 Å². The molecule has 118 valence electrons. The SMILES string of the molecule is CC(C)(C)c1cc(C(=O)N2CCOCC2c2ccn[nH]2)n[nH]1. The second-order valence-corrected chi connectivity index (χ2v) is 6.52. The highest BCUT2D eigenvalue weighted by molar-refractivity contribution is 5.92. The van der Waals surface area contributed by atoms with E-state index >= 15 is 0 Å². The molecule has 0 aliphatic carbocycles. The maximum Gasteiger partial charge on any atom is 0.275 e. The van der Waals surface area contributed by atoms with E-state index < -0.39 is 0 Å². The van der Waals surface area contributed by atoms with Gasteiger partial charge in [0.25, 0.3) is 5.91 Å². The zero-order valence-corrected chi connectivity index (χ0v) is 13.1. The molecule has 1 saturated heterocycles. The summed E-state index contributed by atoms with van der Waals surface area (Å²) in [7, 11) is 0. The molecule has 2 N–H and O–H groups in total. The van der Waals surface area contributed by atoms with Gasteiger partial charge >= 0.3 is 0 Å². The number of aromatic amines is 2. The normalized spacial score (nSPS) is 19.4. The zero-order valence-electron chi connectivity index (χ0n) is 13.1. The van der Waals surface area contributed by atoms with Crippen LogP contribution in [0.2, 0.25) is 0 Å². The third kappa shape index (κ3) is 2.76. The zero-order chi connectivity index (χ0) is 15.7. The fraction of sp³-hybridized carbons (Fsp3) is 0.533. The Bertz CT molecular complexity index is 641. The molecule has 1 aliphatic rings. The minimum absolute atomic E-state index is 0.0701. The lowest BCUT2D eigenvalue weighted by molar-refractivity contribution is -0.00422. The number of rotatable bonds is 2. The van der Waals surface area contributed by atoms with Gasteiger partial charge in [-0.1, -0.05) is 20.8 Å². The van der Waals surface area contributed by atoms with Crippen molar-refractivity contribution in [1.29, 1.82) is 0 Å². The quantitative estimate of drug-likeness (QED) is 0.883. The van der Waals surface area contributed by atoms with Crippen molar-refractivity contribution in [3.05, 3.63) is 35.4 Å². The van der Waals surface area contributed by atoms with Gasteiger partial charge in [0, 0.05) is 23.9 Å². The molecule has 22 heavy (non-hydrogen) atoms. The number of ether oxygens (including phenoxy) is 1. The number of amides is 1. The predicted octanol–water partition coefficient (Wildman–Crippen LogP) is 1.64. The molecular formula is C15H21N5O2. The lowest BCUT2D eigenvalue weighted by Crippen LogP contribution is -2.43. The molecule has 0 bridgehead atoms. The van der Waals surface area contributed by atoms with Crippen LogP contribution in [0.5, 0.6) is 0 Å². The maximum absolute atomic E-state index is 12.8. The number of H-pyrrole nitrogens is 2. The topological polar surface area (TPSA) is 86.9 Å². The molecule has 1 fully saturated rings. The standard InChI is InChI=1S/C15H21N5O2/c1-15(2,3)13-8-11(18-19-13)14(21)20-6-7-22-9-12(20)10-4-5-16-17-10/h4-5,8,12H,6-7,9H2,1-3H3,(H,16,17)(H,18,19). The molecule has 2 aromatic rings. The van der Waals surface area contributed by atoms with Crippen molar-refractivity contribution in [3.8, 4) is 0 Å². The lowest BCUT2D eigenvalue weighted by Gasteiger charge is -2.34. The van der Waals surface area contributed by atoms with E-state index in [9.17, 15) is 4.79 Å². The van der Waals surface area contributed by atoms with E-state index in [0.717, 1.165) is 11.4 Å². The third-order valence-electron chi connectivity index (χ3n) is 3.88. The van der Waals surface area contributed by atoms with Crippen LogP contribution in [0.1, 0.15) is 48.7 Å². The first-order valence-electron chi connectivity index (χ1n) is 7.40. The summed E-state index contributed by atoms with van der Waals surface area (Å²) in [5, 5.41) is 14.0. The van der Waals surface area contributed by atoms with Crippen LogP contribution in [0, 0.1) is 0 Å². The van der Waals surface area contributed by atoms with Crippen LogP contribution in [0.4, 0.5) is 0 Å². The van der Waals surface area contributed by atoms with Crippen LogP contribution in [0.3, 0.4) is 0 Å². The molecule has 1 atom stereocenters. The molecule has 1 unspecified atom stereocenters. The average Bonchev–Trinajstić information content (AvgIpc) is 3.17. The van der Waals surface area contributed by atoms with E-state index in [4.69, 9.17) is 4.74 Å². The number of hydrogen-bond donors (Lipinski definition) is 2. The van der Waals surface area contributed by atoms with Crippen molar-refractivity contribution in [3.63, 3.8) is 0 Å². The monoisotopic (exact) mass is 303 g/mol. The number of carbonyl (C=O) groups is 1. The molecule has 7 heteroatoms. The number of morpholine rings is 1. The van der Waals surface area contributed by atoms with E-state index in [-0.39, 0.29) is 17.4 Å². The lowest BCUT2D eigenvalue weighted by atomic mass is 9.92. The van der Waals surface area contributed by atoms with E-state index in [2.05, 4.69) is 41.2 Å². The molecule has 7 nitrogen and oxygen atoms in total. The highest BCUT2D eigenvalue weighted by Crippen LogP contribution is 2.25. The van der Waals surface area contributed by atoms with Crippen LogP contribution < -0.4 is 0 Å². The van der Waals surface area contributed by atoms with E-state index in [1.165, 1.54) is 0 Å². The minimum atomic E-state index is -0.154. The van der Waals surface area contributed by atoms with Gasteiger partial charge < -0.3 is 9.64 Å². The van der Waals surface area contributed by atoms with Crippen molar-refractivity contribution in [1.82, 2.24) is 25.3 Å². The van der Waals surface area contributed by atoms with Crippen molar-refractivity contribution in [2.75, 3.05) is 19.8 Å². The number of nitrogens with zero attached hydrogens (tertiary/aromatic N) is 3. The summed E-state index contributed by atoms with van der Waals surface area (Å²) in [4.78, 5) is 14.6. The Balaban J connectivity index is 1.84. The van der Waals surface area contributed by atoms with Crippen molar-refractivity contribution in [2.24, 2.45) is 0 Å². The largest absolute Gasteiger partial charge is 0.377 e. The van der Waals surface area contributed by atoms with Crippen molar-refractivity contribution in [2.45, 2.75) is 32.2 Å². The third-order valence-corrected chi connectivity index (χ3v) is 3.88. The first kappa shape index (κ1) is 14.8. The molecule has 1 amide bonds. The van der Waals surface area contributed by atoms with Gasteiger partial charge in [0.2, 0.25) is 0 Å². The Morgan fingerprint density at radius 2 is 2.23 bits per heavy atom. The number of carbonyl (C=O) groups excluding carboxylic acids is 1. The smallest absolute Gasteiger partial charge is 0.275 e. The molecule has 3 heterocycles. The van der Waals surface area contributed by atoms with Crippen LogP contribution in [-0.2, 0) is 10.2 Å². The highest BCUT2D eigenvalue weighted by Gasteiger charge is 2.32. The molecule has 0 radical (unpaired) electrons. The fourth-order valence-electron chi connectivity index (χ4n) is 2.52. The fourth-order valence-corrected chi connectivity index (χ4v) is 2.52. The van der Waals surface area contributed by atoms with Gasteiger partial charge in [-0.2, -0.15) is 10.2 Å². The maximum atomic E-state index is 12.8. The molecule has 3 rings (SSSR count). The van der Waals surface area contributed by atoms with Crippen molar-refractivity contribution < 1.29 is 9.53 Å². The second-order valence-electron chi connectivity index (χ2n) is 6.52. The highest BCUT2D eigenvalue weighted by atomic mass is 16.5. The van der Waals surface area contributed by atoms with Gasteiger partial charge in [-0.25, -0.2) is 0 Å². The summed E-state index contributed by atoms with van der Waals surface area (Å²) in [6.07, 6.45) is 1.68. The Labute approximate surface area is 129 Å². The molecule has 0 saturated carbocycles. The van der Waals surface area contributed by atoms with Crippen LogP contribution in [0.15, 0.2) is 18.3 Å². The number of nitrogens with one attached hydrogen (secondary N) is 2. The molecule has 1 aliphatic heterocycles. The summed E-state index contributed by atoms with van der Waals surface area (Å²) in [5.74, 6) is -0.0883. The summed E-state index contributed by atoms with van der Waals surface area (Å²) in [5.41, 5.74) is 2.19. The first-order valence-corrected chi connectivity index (χ1v) is 7.40. The van der Waals surface area contributed by atoms with Gasteiger partial charge in [-0.15, -0.1) is 0 Å². The second kappa shape index (κ2) is 5.57. The minimum Gasteiger partial charge on any atom is -0.377 e. The average molecular weight is 303 g/mol. The molecular weight excluding hydrogens is 282 g/mol. The number of aromatic nitrogens is 4. The Kier molecular flexibility index (Phi) is 3.74. The summed E-state index contributed by atoms with van der Waals surface area (Å²) < 4.78 is 5.51. The Hall–Kier alpha value is -2.15. The Morgan fingerprint density at radius 1 is 1.41 bits per heavy atom. The summed E-state index contributed by atoms with van der Waals surface area (Å²) in [6.45, 7) is 7.78. The van der Waals surface area contributed by atoms with Gasteiger partial charge in [-0.3, -0.25) is 15.0 Å². The van der Waals surface area contributed by atoms with E-state index in [1.807, 2.05) is 12.1 Å². The van der Waals surface area contributed by atoms with Gasteiger partial charge in [-0.05, 0) is 12.1 Å². The first-order chi connectivity index (χ1) is 10.5. The van der Waals surface area contributed by atoms with Gasteiger partial charge in [0.15, 0.2) is 0 Å². The Morgan fingerprint density at radius 3 is 2.86 bits per heavy atom. The van der Waals surface area contributed by atoms with Crippen molar-refractivity contribution >= 4 is 5.91 Å². The van der Waals surface area contributed by atoms with Crippen LogP contribution in [-0.4, -0.2) is 51.0 Å². The summed E-state index contributed by atoms with van der Waals surface area (Å²) >= 11 is 0. The van der Waals surface area contributed by atoms with Crippen LogP contribution in [0.25, 0.3) is 0 Å². The number of hydrogen-bond acceptors (Lipinski definition) is 4. The van der Waals surface area contributed by atoms with Gasteiger partial charge in [0.1, 0.15) is 5.69 Å². The van der Waals surface area contributed by atoms with Crippen LogP contribution >= 0.6 is 0 Å².